The SMILES string of the molecule is COc1cc(C)c(Cl)c(C)c1CC1(CN)CCC1. The van der Waals surface area contributed by atoms with Crippen LogP contribution in [-0.4, -0.2) is 13.7 Å². The van der Waals surface area contributed by atoms with E-state index in [9.17, 15) is 0 Å². The maximum Gasteiger partial charge on any atom is 0.122 e. The minimum atomic E-state index is 0.274. The first kappa shape index (κ1) is 13.7. The van der Waals surface area contributed by atoms with E-state index in [-0.39, 0.29) is 5.41 Å². The van der Waals surface area contributed by atoms with Gasteiger partial charge in [0.25, 0.3) is 0 Å². The summed E-state index contributed by atoms with van der Waals surface area (Å²) < 4.78 is 5.52. The standard InChI is InChI=1S/C15H22ClNO/c1-10-7-13(18-3)12(11(2)14(10)16)8-15(9-17)5-4-6-15/h7H,4-6,8-9,17H2,1-3H3. The topological polar surface area (TPSA) is 35.2 Å². The zero-order chi connectivity index (χ0) is 13.3. The van der Waals surface area contributed by atoms with Crippen molar-refractivity contribution in [2.24, 2.45) is 11.1 Å². The van der Waals surface area contributed by atoms with E-state index in [1.165, 1.54) is 24.8 Å². The third-order valence-electron chi connectivity index (χ3n) is 4.39. The summed E-state index contributed by atoms with van der Waals surface area (Å²) in [6.07, 6.45) is 4.71. The van der Waals surface area contributed by atoms with Crippen molar-refractivity contribution >= 4 is 11.6 Å². The third kappa shape index (κ3) is 2.24. The number of nitrogens with two attached hydrogens (primary N) is 1. The van der Waals surface area contributed by atoms with E-state index in [1.54, 1.807) is 7.11 Å². The molecule has 100 valence electrons. The fraction of sp³-hybridized carbons (Fsp3) is 0.600. The van der Waals surface area contributed by atoms with Crippen molar-refractivity contribution in [1.29, 1.82) is 0 Å². The Morgan fingerprint density at radius 2 is 2.06 bits per heavy atom. The van der Waals surface area contributed by atoms with Crippen LogP contribution in [0.5, 0.6) is 5.75 Å². The number of halogens is 1. The van der Waals surface area contributed by atoms with Gasteiger partial charge in [-0.05, 0) is 67.8 Å². The molecular weight excluding hydrogens is 246 g/mol. The van der Waals surface area contributed by atoms with E-state index in [0.717, 1.165) is 34.9 Å². The Balaban J connectivity index is 2.40. The van der Waals surface area contributed by atoms with Gasteiger partial charge in [0.15, 0.2) is 0 Å². The number of hydrogen-bond acceptors (Lipinski definition) is 2. The molecule has 2 rings (SSSR count). The molecule has 1 aromatic rings. The van der Waals surface area contributed by atoms with Crippen molar-refractivity contribution in [3.63, 3.8) is 0 Å². The zero-order valence-corrected chi connectivity index (χ0v) is 12.2. The second-order valence-electron chi connectivity index (χ2n) is 5.55. The van der Waals surface area contributed by atoms with Gasteiger partial charge in [-0.1, -0.05) is 18.0 Å². The lowest BCUT2D eigenvalue weighted by Crippen LogP contribution is -2.39. The first-order valence-electron chi connectivity index (χ1n) is 6.55. The number of benzene rings is 1. The monoisotopic (exact) mass is 267 g/mol. The van der Waals surface area contributed by atoms with Gasteiger partial charge in [0.2, 0.25) is 0 Å². The zero-order valence-electron chi connectivity index (χ0n) is 11.5. The molecule has 0 unspecified atom stereocenters. The molecule has 0 radical (unpaired) electrons. The smallest absolute Gasteiger partial charge is 0.122 e. The summed E-state index contributed by atoms with van der Waals surface area (Å²) in [5.41, 5.74) is 9.68. The Morgan fingerprint density at radius 3 is 2.50 bits per heavy atom. The van der Waals surface area contributed by atoms with Gasteiger partial charge in [-0.15, -0.1) is 0 Å². The first-order chi connectivity index (χ1) is 8.53. The Morgan fingerprint density at radius 1 is 1.39 bits per heavy atom. The molecule has 0 aromatic heterocycles. The molecule has 0 aliphatic heterocycles. The summed E-state index contributed by atoms with van der Waals surface area (Å²) in [6.45, 7) is 4.85. The molecule has 1 saturated carbocycles. The molecule has 18 heavy (non-hydrogen) atoms. The van der Waals surface area contributed by atoms with E-state index in [0.29, 0.717) is 0 Å². The maximum atomic E-state index is 6.36. The molecular formula is C15H22ClNO. The van der Waals surface area contributed by atoms with Crippen molar-refractivity contribution in [3.8, 4) is 5.75 Å². The van der Waals surface area contributed by atoms with Crippen molar-refractivity contribution in [2.45, 2.75) is 39.5 Å². The van der Waals surface area contributed by atoms with Gasteiger partial charge in [-0.2, -0.15) is 0 Å². The fourth-order valence-electron chi connectivity index (χ4n) is 2.87. The van der Waals surface area contributed by atoms with Crippen LogP contribution in [0.1, 0.15) is 36.0 Å². The van der Waals surface area contributed by atoms with Gasteiger partial charge >= 0.3 is 0 Å². The summed E-state index contributed by atoms with van der Waals surface area (Å²) in [6, 6.07) is 2.04. The summed E-state index contributed by atoms with van der Waals surface area (Å²) >= 11 is 6.36. The average molecular weight is 268 g/mol. The van der Waals surface area contributed by atoms with Gasteiger partial charge in [-0.3, -0.25) is 0 Å². The molecule has 1 aliphatic carbocycles. The van der Waals surface area contributed by atoms with Crippen LogP contribution in [0, 0.1) is 19.3 Å². The molecule has 0 saturated heterocycles. The maximum absolute atomic E-state index is 6.36. The second-order valence-corrected chi connectivity index (χ2v) is 5.93. The van der Waals surface area contributed by atoms with Crippen molar-refractivity contribution < 1.29 is 4.74 Å². The Bertz CT molecular complexity index is 447. The molecule has 2 N–H and O–H groups in total. The van der Waals surface area contributed by atoms with Crippen LogP contribution in [0.15, 0.2) is 6.07 Å². The average Bonchev–Trinajstić information content (AvgIpc) is 2.33. The van der Waals surface area contributed by atoms with Crippen molar-refractivity contribution in [1.82, 2.24) is 0 Å². The molecule has 0 amide bonds. The van der Waals surface area contributed by atoms with E-state index in [1.807, 2.05) is 13.0 Å². The quantitative estimate of drug-likeness (QED) is 0.904. The number of hydrogen-bond donors (Lipinski definition) is 1. The van der Waals surface area contributed by atoms with Crippen LogP contribution in [0.25, 0.3) is 0 Å². The molecule has 1 aromatic carbocycles. The Hall–Kier alpha value is -0.730. The largest absolute Gasteiger partial charge is 0.496 e. The molecule has 0 atom stereocenters. The molecule has 0 spiro atoms. The summed E-state index contributed by atoms with van der Waals surface area (Å²) in [4.78, 5) is 0. The van der Waals surface area contributed by atoms with Gasteiger partial charge in [0, 0.05) is 5.02 Å². The highest BCUT2D eigenvalue weighted by molar-refractivity contribution is 6.32. The van der Waals surface area contributed by atoms with Gasteiger partial charge in [0.1, 0.15) is 5.75 Å². The van der Waals surface area contributed by atoms with Gasteiger partial charge in [0.05, 0.1) is 7.11 Å². The van der Waals surface area contributed by atoms with Crippen LogP contribution >= 0.6 is 11.6 Å². The number of methoxy groups -OCH3 is 1. The number of aryl methyl sites for hydroxylation is 1. The van der Waals surface area contributed by atoms with Crippen LogP contribution in [0.3, 0.4) is 0 Å². The number of rotatable bonds is 4. The van der Waals surface area contributed by atoms with Gasteiger partial charge in [-0.25, -0.2) is 0 Å². The highest BCUT2D eigenvalue weighted by Gasteiger charge is 2.37. The number of ether oxygens (including phenoxy) is 1. The summed E-state index contributed by atoms with van der Waals surface area (Å²) in [5, 5.41) is 0.859. The van der Waals surface area contributed by atoms with Crippen molar-refractivity contribution in [3.05, 3.63) is 27.8 Å². The van der Waals surface area contributed by atoms with E-state index >= 15 is 0 Å². The molecule has 1 fully saturated rings. The highest BCUT2D eigenvalue weighted by Crippen LogP contribution is 2.45. The molecule has 3 heteroatoms. The minimum absolute atomic E-state index is 0.274. The molecule has 1 aliphatic rings. The Kier molecular flexibility index (Phi) is 3.88. The summed E-state index contributed by atoms with van der Waals surface area (Å²) in [5.74, 6) is 0.953. The van der Waals surface area contributed by atoms with Crippen LogP contribution in [-0.2, 0) is 6.42 Å². The molecule has 0 bridgehead atoms. The van der Waals surface area contributed by atoms with Gasteiger partial charge < -0.3 is 10.5 Å². The van der Waals surface area contributed by atoms with Crippen LogP contribution < -0.4 is 10.5 Å². The van der Waals surface area contributed by atoms with Crippen LogP contribution in [0.4, 0.5) is 0 Å². The molecule has 0 heterocycles. The second kappa shape index (κ2) is 5.10. The Labute approximate surface area is 114 Å². The van der Waals surface area contributed by atoms with E-state index in [2.05, 4.69) is 6.92 Å². The fourth-order valence-corrected chi connectivity index (χ4v) is 3.04. The first-order valence-corrected chi connectivity index (χ1v) is 6.93. The van der Waals surface area contributed by atoms with E-state index < -0.39 is 0 Å². The normalized spacial score (nSPS) is 17.4. The lowest BCUT2D eigenvalue weighted by atomic mass is 9.65. The lowest BCUT2D eigenvalue weighted by molar-refractivity contribution is 0.143. The third-order valence-corrected chi connectivity index (χ3v) is 4.97. The van der Waals surface area contributed by atoms with E-state index in [4.69, 9.17) is 22.1 Å². The molecule has 2 nitrogen and oxygen atoms in total. The minimum Gasteiger partial charge on any atom is -0.496 e. The predicted molar refractivity (Wildman–Crippen MR) is 76.5 cm³/mol. The lowest BCUT2D eigenvalue weighted by Gasteiger charge is -2.41. The van der Waals surface area contributed by atoms with Crippen molar-refractivity contribution in [2.75, 3.05) is 13.7 Å². The summed E-state index contributed by atoms with van der Waals surface area (Å²) in [7, 11) is 1.72. The highest BCUT2D eigenvalue weighted by atomic mass is 35.5. The predicted octanol–water partition coefficient (Wildman–Crippen LogP) is 3.64. The van der Waals surface area contributed by atoms with Crippen LogP contribution in [0.2, 0.25) is 5.02 Å².